The van der Waals surface area contributed by atoms with E-state index in [1.165, 1.54) is 19.9 Å². The number of carbonyl (C=O) groups is 4. The summed E-state index contributed by atoms with van der Waals surface area (Å²) >= 11 is 0. The highest BCUT2D eigenvalue weighted by atomic mass is 16.3. The summed E-state index contributed by atoms with van der Waals surface area (Å²) in [6, 6.07) is 10.2. The van der Waals surface area contributed by atoms with Crippen LogP contribution in [0.1, 0.15) is 76.4 Å². The van der Waals surface area contributed by atoms with Gasteiger partial charge >= 0.3 is 0 Å². The van der Waals surface area contributed by atoms with Crippen molar-refractivity contribution in [3.8, 4) is 16.9 Å². The average Bonchev–Trinajstić information content (AvgIpc) is 2.86. The molecule has 7 heteroatoms. The first kappa shape index (κ1) is 28.7. The fourth-order valence-electron chi connectivity index (χ4n) is 8.42. The van der Waals surface area contributed by atoms with Crippen LogP contribution in [0.4, 0.5) is 0 Å². The SMILES string of the molecule is CC(=O)C1=C(C)[C@@H](C(C)C)[C@]2(C)C[C@]3(C)Cc4c(-c5cccc(C(C)=O)c5)ccc(O)c4C(O)=C3C(=O)[C@]2(O)C1=O. The van der Waals surface area contributed by atoms with Crippen LogP contribution < -0.4 is 0 Å². The Morgan fingerprint density at radius 1 is 0.976 bits per heavy atom. The topological polar surface area (TPSA) is 129 Å². The zero-order chi connectivity index (χ0) is 30.4. The summed E-state index contributed by atoms with van der Waals surface area (Å²) in [6.07, 6.45) is 0.398. The quantitative estimate of drug-likeness (QED) is 0.255. The van der Waals surface area contributed by atoms with Gasteiger partial charge in [-0.05, 0) is 74.3 Å². The van der Waals surface area contributed by atoms with E-state index < -0.39 is 45.5 Å². The van der Waals surface area contributed by atoms with Crippen molar-refractivity contribution in [3.63, 3.8) is 0 Å². The molecule has 3 aliphatic rings. The van der Waals surface area contributed by atoms with Crippen molar-refractivity contribution in [3.05, 3.63) is 69.8 Å². The Balaban J connectivity index is 1.80. The minimum Gasteiger partial charge on any atom is -0.507 e. The highest BCUT2D eigenvalue weighted by molar-refractivity contribution is 6.33. The van der Waals surface area contributed by atoms with E-state index in [2.05, 4.69) is 0 Å². The zero-order valence-corrected chi connectivity index (χ0v) is 24.5. The molecular weight excluding hydrogens is 520 g/mol. The van der Waals surface area contributed by atoms with Gasteiger partial charge in [-0.1, -0.05) is 57.5 Å². The molecule has 0 heterocycles. The maximum Gasteiger partial charge on any atom is 0.206 e. The lowest BCUT2D eigenvalue weighted by molar-refractivity contribution is -0.180. The van der Waals surface area contributed by atoms with Crippen molar-refractivity contribution in [1.82, 2.24) is 0 Å². The first-order chi connectivity index (χ1) is 19.0. The van der Waals surface area contributed by atoms with Crippen LogP contribution in [-0.4, -0.2) is 44.1 Å². The second kappa shape index (κ2) is 9.08. The van der Waals surface area contributed by atoms with Gasteiger partial charge in [0.25, 0.3) is 0 Å². The van der Waals surface area contributed by atoms with Crippen LogP contribution in [-0.2, 0) is 20.8 Å². The summed E-state index contributed by atoms with van der Waals surface area (Å²) in [7, 11) is 0. The number of rotatable bonds is 4. The Morgan fingerprint density at radius 2 is 1.63 bits per heavy atom. The molecule has 7 nitrogen and oxygen atoms in total. The number of aromatic hydroxyl groups is 1. The number of ketones is 4. The predicted molar refractivity (Wildman–Crippen MR) is 154 cm³/mol. The summed E-state index contributed by atoms with van der Waals surface area (Å²) in [4.78, 5) is 53.1. The van der Waals surface area contributed by atoms with Gasteiger partial charge in [0.05, 0.1) is 11.1 Å². The van der Waals surface area contributed by atoms with Gasteiger partial charge in [0.15, 0.2) is 17.2 Å². The molecular formula is C34H36O7. The van der Waals surface area contributed by atoms with E-state index in [-0.39, 0.29) is 47.0 Å². The van der Waals surface area contributed by atoms with Gasteiger partial charge < -0.3 is 15.3 Å². The molecule has 0 amide bonds. The lowest BCUT2D eigenvalue weighted by Gasteiger charge is -2.60. The van der Waals surface area contributed by atoms with Gasteiger partial charge in [-0.2, -0.15) is 0 Å². The Bertz CT molecular complexity index is 1640. The van der Waals surface area contributed by atoms with E-state index in [9.17, 15) is 34.5 Å². The largest absolute Gasteiger partial charge is 0.507 e. The maximum absolute atomic E-state index is 14.4. The van der Waals surface area contributed by atoms with Crippen molar-refractivity contribution in [2.45, 2.75) is 66.9 Å². The molecule has 1 saturated carbocycles. The summed E-state index contributed by atoms with van der Waals surface area (Å²) in [5, 5.41) is 34.9. The molecule has 0 unspecified atom stereocenters. The molecule has 0 aromatic heterocycles. The molecule has 4 atom stereocenters. The Kier molecular flexibility index (Phi) is 6.35. The summed E-state index contributed by atoms with van der Waals surface area (Å²) < 4.78 is 0. The molecule has 0 saturated heterocycles. The molecule has 2 aromatic carbocycles. The number of hydrogen-bond acceptors (Lipinski definition) is 7. The smallest absolute Gasteiger partial charge is 0.206 e. The standard InChI is InChI=1S/C34H36O7/c1-16(2)27-17(3)25(19(5)36)30(39)34(41)31(40)28-29(38)26-23(14-32(28,6)15-33(27,34)7)22(11-12-24(26)37)21-10-8-9-20(13-21)18(4)35/h8-13,16,27,37-38,41H,14-15H2,1-7H3/t27-,32+,33+,34-/m1/s1. The first-order valence-electron chi connectivity index (χ1n) is 13.9. The molecule has 0 bridgehead atoms. The van der Waals surface area contributed by atoms with Crippen LogP contribution in [0.15, 0.2) is 53.1 Å². The van der Waals surface area contributed by atoms with Crippen LogP contribution in [0, 0.1) is 22.7 Å². The van der Waals surface area contributed by atoms with Crippen molar-refractivity contribution in [1.29, 1.82) is 0 Å². The van der Waals surface area contributed by atoms with Crippen molar-refractivity contribution in [2.75, 3.05) is 0 Å². The molecule has 5 rings (SSSR count). The van der Waals surface area contributed by atoms with E-state index in [0.29, 0.717) is 22.3 Å². The molecule has 1 fully saturated rings. The molecule has 0 spiro atoms. The fourth-order valence-corrected chi connectivity index (χ4v) is 8.42. The van der Waals surface area contributed by atoms with Gasteiger partial charge in [-0.25, -0.2) is 0 Å². The van der Waals surface area contributed by atoms with Crippen molar-refractivity contribution >= 4 is 28.9 Å². The molecule has 3 N–H and O–H groups in total. The van der Waals surface area contributed by atoms with E-state index >= 15 is 0 Å². The minimum absolute atomic E-state index is 0.0611. The number of hydrogen-bond donors (Lipinski definition) is 3. The van der Waals surface area contributed by atoms with E-state index in [1.807, 2.05) is 26.8 Å². The van der Waals surface area contributed by atoms with Crippen LogP contribution >= 0.6 is 0 Å². The molecule has 2 aromatic rings. The van der Waals surface area contributed by atoms with Crippen LogP contribution in [0.3, 0.4) is 0 Å². The highest BCUT2D eigenvalue weighted by Crippen LogP contribution is 2.65. The number of benzene rings is 2. The molecule has 0 radical (unpaired) electrons. The number of Topliss-reactive ketones (excluding diaryl/α,β-unsaturated/α-hetero) is 4. The number of allylic oxidation sites excluding steroid dienone is 1. The Morgan fingerprint density at radius 3 is 2.22 bits per heavy atom. The molecule has 214 valence electrons. The lowest BCUT2D eigenvalue weighted by atomic mass is 9.42. The second-order valence-corrected chi connectivity index (χ2v) is 12.9. The van der Waals surface area contributed by atoms with E-state index in [0.717, 1.165) is 5.56 Å². The monoisotopic (exact) mass is 556 g/mol. The Hall–Kier alpha value is -3.84. The summed E-state index contributed by atoms with van der Waals surface area (Å²) in [5.41, 5.74) is -1.97. The van der Waals surface area contributed by atoms with Gasteiger partial charge in [-0.3, -0.25) is 19.2 Å². The maximum atomic E-state index is 14.4. The number of phenols is 1. The number of fused-ring (bicyclic) bond motifs is 3. The normalized spacial score (nSPS) is 29.3. The van der Waals surface area contributed by atoms with Gasteiger partial charge in [0.2, 0.25) is 11.6 Å². The third kappa shape index (κ3) is 3.67. The van der Waals surface area contributed by atoms with Gasteiger partial charge in [-0.15, -0.1) is 0 Å². The molecule has 3 aliphatic carbocycles. The predicted octanol–water partition coefficient (Wildman–Crippen LogP) is 5.56. The van der Waals surface area contributed by atoms with E-state index in [4.69, 9.17) is 0 Å². The average molecular weight is 557 g/mol. The molecule has 41 heavy (non-hydrogen) atoms. The number of aliphatic hydroxyl groups excluding tert-OH is 1. The second-order valence-electron chi connectivity index (χ2n) is 12.9. The molecule has 0 aliphatic heterocycles. The number of carbonyl (C=O) groups excluding carboxylic acids is 4. The van der Waals surface area contributed by atoms with Gasteiger partial charge in [0.1, 0.15) is 11.5 Å². The lowest BCUT2D eigenvalue weighted by Crippen LogP contribution is -2.70. The van der Waals surface area contributed by atoms with Crippen LogP contribution in [0.5, 0.6) is 5.75 Å². The third-order valence-corrected chi connectivity index (χ3v) is 9.78. The fraction of sp³-hybridized carbons (Fsp3) is 0.412. The van der Waals surface area contributed by atoms with Crippen LogP contribution in [0.2, 0.25) is 0 Å². The van der Waals surface area contributed by atoms with Crippen LogP contribution in [0.25, 0.3) is 16.9 Å². The van der Waals surface area contributed by atoms with Crippen molar-refractivity contribution in [2.24, 2.45) is 22.7 Å². The van der Waals surface area contributed by atoms with E-state index in [1.54, 1.807) is 38.1 Å². The number of phenolic OH excluding ortho intramolecular Hbond substituents is 1. The van der Waals surface area contributed by atoms with Crippen molar-refractivity contribution < 1.29 is 34.5 Å². The third-order valence-electron chi connectivity index (χ3n) is 9.78. The highest BCUT2D eigenvalue weighted by Gasteiger charge is 2.72. The Labute approximate surface area is 239 Å². The van der Waals surface area contributed by atoms with Gasteiger partial charge in [0, 0.05) is 22.0 Å². The number of aliphatic hydroxyl groups is 2. The zero-order valence-electron chi connectivity index (χ0n) is 24.5. The summed E-state index contributed by atoms with van der Waals surface area (Å²) in [6.45, 7) is 11.9. The first-order valence-corrected chi connectivity index (χ1v) is 13.9. The minimum atomic E-state index is -2.56. The summed E-state index contributed by atoms with van der Waals surface area (Å²) in [5.74, 6) is -3.79.